The summed E-state index contributed by atoms with van der Waals surface area (Å²) in [6.07, 6.45) is 3.02. The maximum atomic E-state index is 13.1. The molecule has 1 aliphatic heterocycles. The molecule has 6 nitrogen and oxygen atoms in total. The van der Waals surface area contributed by atoms with Crippen molar-refractivity contribution >= 4 is 27.5 Å². The number of rotatable bonds is 8. The van der Waals surface area contributed by atoms with Gasteiger partial charge in [0.2, 0.25) is 15.9 Å². The molecule has 0 bridgehead atoms. The summed E-state index contributed by atoms with van der Waals surface area (Å²) >= 11 is 6.11. The van der Waals surface area contributed by atoms with Gasteiger partial charge >= 0.3 is 0 Å². The molecule has 1 amide bonds. The van der Waals surface area contributed by atoms with Gasteiger partial charge in [-0.3, -0.25) is 4.79 Å². The van der Waals surface area contributed by atoms with E-state index < -0.39 is 10.0 Å². The predicted molar refractivity (Wildman–Crippen MR) is 122 cm³/mol. The molecule has 31 heavy (non-hydrogen) atoms. The van der Waals surface area contributed by atoms with E-state index in [4.69, 9.17) is 16.3 Å². The number of methoxy groups -OCH3 is 1. The van der Waals surface area contributed by atoms with Crippen molar-refractivity contribution in [2.45, 2.75) is 43.5 Å². The molecular weight excluding hydrogens is 436 g/mol. The zero-order valence-corrected chi connectivity index (χ0v) is 19.5. The molecule has 0 radical (unpaired) electrons. The third-order valence-electron chi connectivity index (χ3n) is 5.61. The Hall–Kier alpha value is -2.09. The number of carbonyl (C=O) groups is 1. The molecule has 1 aliphatic rings. The molecule has 1 N–H and O–H groups in total. The predicted octanol–water partition coefficient (Wildman–Crippen LogP) is 3.89. The van der Waals surface area contributed by atoms with Crippen LogP contribution in [0, 0.1) is 5.92 Å². The van der Waals surface area contributed by atoms with Gasteiger partial charge in [0.15, 0.2) is 0 Å². The van der Waals surface area contributed by atoms with Crippen LogP contribution in [0.15, 0.2) is 53.4 Å². The van der Waals surface area contributed by atoms with E-state index in [0.717, 1.165) is 12.8 Å². The molecule has 0 unspecified atom stereocenters. The van der Waals surface area contributed by atoms with Gasteiger partial charge in [0, 0.05) is 19.1 Å². The minimum absolute atomic E-state index is 0.0140. The number of nitrogens with zero attached hydrogens (tertiary/aromatic N) is 1. The lowest BCUT2D eigenvalue weighted by molar-refractivity contribution is -0.126. The first-order chi connectivity index (χ1) is 14.8. The van der Waals surface area contributed by atoms with Crippen LogP contribution in [0.4, 0.5) is 0 Å². The number of piperidine rings is 1. The standard InChI is InChI=1S/C23H29ClN2O4S/c1-17(10-11-18-7-4-3-5-8-18)25-23(27)19-9-6-14-26(16-19)31(28,29)20-12-13-22(30-2)21(24)15-20/h3-5,7-8,12-13,15,17,19H,6,9-11,14,16H2,1-2H3,(H,25,27)/t17-,19+/m1/s1. The van der Waals surface area contributed by atoms with Gasteiger partial charge in [-0.05, 0) is 56.4 Å². The zero-order chi connectivity index (χ0) is 22.4. The van der Waals surface area contributed by atoms with Crippen molar-refractivity contribution in [3.63, 3.8) is 0 Å². The average molecular weight is 465 g/mol. The van der Waals surface area contributed by atoms with Gasteiger partial charge in [-0.15, -0.1) is 0 Å². The number of hydrogen-bond acceptors (Lipinski definition) is 4. The second-order valence-electron chi connectivity index (χ2n) is 7.93. The van der Waals surface area contributed by atoms with Crippen LogP contribution >= 0.6 is 11.6 Å². The van der Waals surface area contributed by atoms with Crippen molar-refractivity contribution in [2.24, 2.45) is 5.92 Å². The normalized spacial score (nSPS) is 18.4. The van der Waals surface area contributed by atoms with Crippen molar-refractivity contribution in [1.29, 1.82) is 0 Å². The van der Waals surface area contributed by atoms with Crippen LogP contribution in [0.3, 0.4) is 0 Å². The lowest BCUT2D eigenvalue weighted by Crippen LogP contribution is -2.47. The fourth-order valence-electron chi connectivity index (χ4n) is 3.79. The zero-order valence-electron chi connectivity index (χ0n) is 17.9. The van der Waals surface area contributed by atoms with E-state index in [0.29, 0.717) is 25.1 Å². The van der Waals surface area contributed by atoms with E-state index in [1.807, 2.05) is 25.1 Å². The fourth-order valence-corrected chi connectivity index (χ4v) is 5.67. The second-order valence-corrected chi connectivity index (χ2v) is 10.3. The molecular formula is C23H29ClN2O4S. The van der Waals surface area contributed by atoms with Gasteiger partial charge in [-0.2, -0.15) is 4.31 Å². The highest BCUT2D eigenvalue weighted by Gasteiger charge is 2.34. The van der Waals surface area contributed by atoms with Gasteiger partial charge in [-0.1, -0.05) is 41.9 Å². The fraction of sp³-hybridized carbons (Fsp3) is 0.435. The van der Waals surface area contributed by atoms with Gasteiger partial charge in [0.1, 0.15) is 5.75 Å². The largest absolute Gasteiger partial charge is 0.495 e. The molecule has 0 aromatic heterocycles. The molecule has 1 saturated heterocycles. The number of hydrogen-bond donors (Lipinski definition) is 1. The molecule has 1 fully saturated rings. The van der Waals surface area contributed by atoms with E-state index in [2.05, 4.69) is 17.4 Å². The monoisotopic (exact) mass is 464 g/mol. The topological polar surface area (TPSA) is 75.7 Å². The van der Waals surface area contributed by atoms with E-state index in [1.54, 1.807) is 0 Å². The lowest BCUT2D eigenvalue weighted by Gasteiger charge is -2.32. The van der Waals surface area contributed by atoms with Crippen LogP contribution in [-0.4, -0.2) is 44.9 Å². The molecule has 1 heterocycles. The summed E-state index contributed by atoms with van der Waals surface area (Å²) < 4.78 is 32.6. The molecule has 0 spiro atoms. The number of amides is 1. The highest BCUT2D eigenvalue weighted by Crippen LogP contribution is 2.30. The van der Waals surface area contributed by atoms with Crippen LogP contribution < -0.4 is 10.1 Å². The molecule has 2 aromatic carbocycles. The van der Waals surface area contributed by atoms with Crippen molar-refractivity contribution in [3.05, 3.63) is 59.1 Å². The Morgan fingerprint density at radius 3 is 2.68 bits per heavy atom. The summed E-state index contributed by atoms with van der Waals surface area (Å²) in [6, 6.07) is 14.6. The Morgan fingerprint density at radius 2 is 2.00 bits per heavy atom. The number of benzene rings is 2. The minimum atomic E-state index is -3.74. The Balaban J connectivity index is 1.60. The Labute approximate surface area is 189 Å². The third-order valence-corrected chi connectivity index (χ3v) is 7.77. The van der Waals surface area contributed by atoms with Gasteiger partial charge < -0.3 is 10.1 Å². The Morgan fingerprint density at radius 1 is 1.26 bits per heavy atom. The molecule has 168 valence electrons. The van der Waals surface area contributed by atoms with E-state index in [9.17, 15) is 13.2 Å². The minimum Gasteiger partial charge on any atom is -0.495 e. The summed E-state index contributed by atoms with van der Waals surface area (Å²) in [4.78, 5) is 12.9. The number of ether oxygens (including phenoxy) is 1. The van der Waals surface area contributed by atoms with Gasteiger partial charge in [0.05, 0.1) is 22.9 Å². The highest BCUT2D eigenvalue weighted by molar-refractivity contribution is 7.89. The highest BCUT2D eigenvalue weighted by atomic mass is 35.5. The lowest BCUT2D eigenvalue weighted by atomic mass is 9.98. The molecule has 0 saturated carbocycles. The van der Waals surface area contributed by atoms with Crippen molar-refractivity contribution in [2.75, 3.05) is 20.2 Å². The number of halogens is 1. The van der Waals surface area contributed by atoms with Crippen molar-refractivity contribution < 1.29 is 17.9 Å². The maximum absolute atomic E-state index is 13.1. The van der Waals surface area contributed by atoms with E-state index >= 15 is 0 Å². The summed E-state index contributed by atoms with van der Waals surface area (Å²) in [5.41, 5.74) is 1.23. The van der Waals surface area contributed by atoms with E-state index in [1.165, 1.54) is 35.2 Å². The van der Waals surface area contributed by atoms with Crippen LogP contribution in [0.5, 0.6) is 5.75 Å². The summed E-state index contributed by atoms with van der Waals surface area (Å²) in [6.45, 7) is 2.54. The van der Waals surface area contributed by atoms with Crippen LogP contribution in [-0.2, 0) is 21.2 Å². The van der Waals surface area contributed by atoms with Crippen LogP contribution in [0.1, 0.15) is 31.7 Å². The number of nitrogens with one attached hydrogen (secondary N) is 1. The first-order valence-electron chi connectivity index (χ1n) is 10.5. The summed E-state index contributed by atoms with van der Waals surface area (Å²) in [5, 5.41) is 3.30. The van der Waals surface area contributed by atoms with Gasteiger partial charge in [0.25, 0.3) is 0 Å². The number of aryl methyl sites for hydroxylation is 1. The Bertz CT molecular complexity index is 998. The van der Waals surface area contributed by atoms with Gasteiger partial charge in [-0.25, -0.2) is 8.42 Å². The third kappa shape index (κ3) is 5.99. The Kier molecular flexibility index (Phi) is 7.97. The molecule has 2 atom stereocenters. The van der Waals surface area contributed by atoms with Crippen LogP contribution in [0.2, 0.25) is 5.02 Å². The smallest absolute Gasteiger partial charge is 0.243 e. The quantitative estimate of drug-likeness (QED) is 0.643. The van der Waals surface area contributed by atoms with E-state index in [-0.39, 0.29) is 34.3 Å². The average Bonchev–Trinajstić information content (AvgIpc) is 2.78. The molecule has 0 aliphatic carbocycles. The van der Waals surface area contributed by atoms with Crippen molar-refractivity contribution in [1.82, 2.24) is 9.62 Å². The molecule has 2 aromatic rings. The maximum Gasteiger partial charge on any atom is 0.243 e. The summed E-state index contributed by atoms with van der Waals surface area (Å²) in [5.74, 6) is -0.0364. The first-order valence-corrected chi connectivity index (χ1v) is 12.3. The molecule has 3 rings (SSSR count). The number of sulfonamides is 1. The van der Waals surface area contributed by atoms with Crippen molar-refractivity contribution in [3.8, 4) is 5.75 Å². The second kappa shape index (κ2) is 10.5. The van der Waals surface area contributed by atoms with Crippen LogP contribution in [0.25, 0.3) is 0 Å². The summed E-state index contributed by atoms with van der Waals surface area (Å²) in [7, 11) is -2.26. The SMILES string of the molecule is COc1ccc(S(=O)(=O)N2CCC[C@H](C(=O)N[C@H](C)CCc3ccccc3)C2)cc1Cl. The molecule has 8 heteroatoms. The first kappa shape index (κ1) is 23.6. The number of carbonyl (C=O) groups excluding carboxylic acids is 1.